The number of hydrogen-bond acceptors (Lipinski definition) is 5. The average Bonchev–Trinajstić information content (AvgIpc) is 3.39. The smallest absolute Gasteiger partial charge is 0.213 e. The summed E-state index contributed by atoms with van der Waals surface area (Å²) in [6.07, 6.45) is 6.09. The Morgan fingerprint density at radius 1 is 1.42 bits per heavy atom. The van der Waals surface area contributed by atoms with Gasteiger partial charge in [0.05, 0.1) is 12.4 Å². The van der Waals surface area contributed by atoms with E-state index in [1.165, 1.54) is 19.1 Å². The summed E-state index contributed by atoms with van der Waals surface area (Å²) in [5, 5.41) is 6.39. The molecule has 0 aromatic carbocycles. The van der Waals surface area contributed by atoms with Gasteiger partial charge in [-0.15, -0.1) is 24.0 Å². The highest BCUT2D eigenvalue weighted by molar-refractivity contribution is 14.0. The maximum Gasteiger partial charge on any atom is 0.213 e. The van der Waals surface area contributed by atoms with Crippen molar-refractivity contribution in [2.45, 2.75) is 38.8 Å². The molecule has 9 heteroatoms. The molecule has 1 atom stereocenters. The van der Waals surface area contributed by atoms with Crippen molar-refractivity contribution in [3.05, 3.63) is 23.9 Å². The van der Waals surface area contributed by atoms with Gasteiger partial charge in [-0.3, -0.25) is 4.99 Å². The Bertz CT molecular complexity index is 676. The summed E-state index contributed by atoms with van der Waals surface area (Å²) >= 11 is 0. The lowest BCUT2D eigenvalue weighted by atomic mass is 10.2. The largest absolute Gasteiger partial charge is 0.477 e. The van der Waals surface area contributed by atoms with Gasteiger partial charge in [-0.2, -0.15) is 0 Å². The lowest BCUT2D eigenvalue weighted by molar-refractivity contribution is 0.288. The number of ether oxygens (including phenoxy) is 1. The summed E-state index contributed by atoms with van der Waals surface area (Å²) in [5.41, 5.74) is 1.02. The molecule has 0 spiro atoms. The molecule has 1 unspecified atom stereocenters. The monoisotopic (exact) mass is 496 g/mol. The minimum atomic E-state index is -2.95. The Kier molecular flexibility index (Phi) is 9.62. The van der Waals surface area contributed by atoms with Gasteiger partial charge in [-0.1, -0.05) is 6.07 Å². The number of sulfone groups is 1. The molecule has 0 aliphatic heterocycles. The number of pyridine rings is 1. The van der Waals surface area contributed by atoms with Crippen LogP contribution in [-0.2, 0) is 16.4 Å². The molecule has 7 nitrogen and oxygen atoms in total. The van der Waals surface area contributed by atoms with Crippen LogP contribution >= 0.6 is 24.0 Å². The van der Waals surface area contributed by atoms with Crippen molar-refractivity contribution < 1.29 is 13.2 Å². The number of nitrogens with one attached hydrogen (secondary N) is 2. The van der Waals surface area contributed by atoms with Crippen molar-refractivity contribution in [3.63, 3.8) is 0 Å². The van der Waals surface area contributed by atoms with Crippen LogP contribution in [0.4, 0.5) is 0 Å². The van der Waals surface area contributed by atoms with Gasteiger partial charge < -0.3 is 15.4 Å². The second-order valence-corrected chi connectivity index (χ2v) is 8.91. The SMILES string of the molecule is CN=C(NCc1ccc(OCC2CC2)nc1)NC(C)CCS(C)(=O)=O.I. The van der Waals surface area contributed by atoms with E-state index in [-0.39, 0.29) is 35.8 Å². The predicted octanol–water partition coefficient (Wildman–Crippen LogP) is 1.98. The maximum absolute atomic E-state index is 11.2. The van der Waals surface area contributed by atoms with Crippen LogP contribution in [-0.4, -0.2) is 51.1 Å². The van der Waals surface area contributed by atoms with E-state index in [4.69, 9.17) is 4.74 Å². The highest BCUT2D eigenvalue weighted by Gasteiger charge is 2.22. The first kappa shape index (κ1) is 22.9. The van der Waals surface area contributed by atoms with Gasteiger partial charge in [-0.05, 0) is 37.7 Å². The fourth-order valence-corrected chi connectivity index (χ4v) is 2.95. The third kappa shape index (κ3) is 9.56. The number of aromatic nitrogens is 1. The zero-order valence-electron chi connectivity index (χ0n) is 15.6. The first-order chi connectivity index (χ1) is 11.9. The van der Waals surface area contributed by atoms with E-state index in [0.717, 1.165) is 12.2 Å². The standard InChI is InChI=1S/C17H28N4O3S.HI/c1-13(8-9-25(3,22)23)21-17(18-2)20-11-15-6-7-16(19-10-15)24-12-14-4-5-14;/h6-7,10,13-14H,4-5,8-9,11-12H2,1-3H3,(H2,18,20,21);1H. The number of nitrogens with zero attached hydrogens (tertiary/aromatic N) is 2. The van der Waals surface area contributed by atoms with Crippen LogP contribution in [0, 0.1) is 5.92 Å². The second kappa shape index (κ2) is 10.9. The van der Waals surface area contributed by atoms with Gasteiger partial charge in [0.1, 0.15) is 9.84 Å². The van der Waals surface area contributed by atoms with Crippen LogP contribution in [0.15, 0.2) is 23.3 Å². The molecular formula is C17H29IN4O3S. The van der Waals surface area contributed by atoms with Crippen molar-refractivity contribution in [1.29, 1.82) is 0 Å². The summed E-state index contributed by atoms with van der Waals surface area (Å²) in [4.78, 5) is 8.47. The van der Waals surface area contributed by atoms with E-state index < -0.39 is 9.84 Å². The first-order valence-electron chi connectivity index (χ1n) is 8.58. The number of rotatable bonds is 9. The zero-order valence-corrected chi connectivity index (χ0v) is 18.7. The normalized spacial score (nSPS) is 15.7. The fraction of sp³-hybridized carbons (Fsp3) is 0.647. The van der Waals surface area contributed by atoms with Gasteiger partial charge in [0.2, 0.25) is 5.88 Å². The molecule has 2 N–H and O–H groups in total. The molecule has 1 aliphatic carbocycles. The van der Waals surface area contributed by atoms with Crippen molar-refractivity contribution in [1.82, 2.24) is 15.6 Å². The number of aliphatic imine (C=N–C) groups is 1. The quantitative estimate of drug-likeness (QED) is 0.309. The first-order valence-corrected chi connectivity index (χ1v) is 10.6. The van der Waals surface area contributed by atoms with Crippen LogP contribution in [0.1, 0.15) is 31.7 Å². The Morgan fingerprint density at radius 2 is 2.15 bits per heavy atom. The fourth-order valence-electron chi connectivity index (χ4n) is 2.17. The van der Waals surface area contributed by atoms with Crippen molar-refractivity contribution in [2.24, 2.45) is 10.9 Å². The molecule has 26 heavy (non-hydrogen) atoms. The van der Waals surface area contributed by atoms with E-state index in [9.17, 15) is 8.42 Å². The minimum absolute atomic E-state index is 0. The highest BCUT2D eigenvalue weighted by Crippen LogP contribution is 2.29. The summed E-state index contributed by atoms with van der Waals surface area (Å²) in [7, 11) is -1.26. The summed E-state index contributed by atoms with van der Waals surface area (Å²) in [5.74, 6) is 2.16. The highest BCUT2D eigenvalue weighted by atomic mass is 127. The lowest BCUT2D eigenvalue weighted by Gasteiger charge is -2.17. The Labute approximate surface area is 173 Å². The van der Waals surface area contributed by atoms with Crippen LogP contribution in [0.2, 0.25) is 0 Å². The van der Waals surface area contributed by atoms with Gasteiger partial charge >= 0.3 is 0 Å². The van der Waals surface area contributed by atoms with Crippen LogP contribution in [0.25, 0.3) is 0 Å². The lowest BCUT2D eigenvalue weighted by Crippen LogP contribution is -2.42. The van der Waals surface area contributed by atoms with Crippen molar-refractivity contribution in [3.8, 4) is 5.88 Å². The summed E-state index contributed by atoms with van der Waals surface area (Å²) in [6, 6.07) is 3.87. The van der Waals surface area contributed by atoms with Gasteiger partial charge in [-0.25, -0.2) is 13.4 Å². The zero-order chi connectivity index (χ0) is 18.3. The van der Waals surface area contributed by atoms with E-state index in [1.807, 2.05) is 19.1 Å². The van der Waals surface area contributed by atoms with Crippen molar-refractivity contribution >= 4 is 39.8 Å². The van der Waals surface area contributed by atoms with Crippen LogP contribution < -0.4 is 15.4 Å². The van der Waals surface area contributed by atoms with Gasteiger partial charge in [0, 0.05) is 38.2 Å². The number of guanidine groups is 1. The molecule has 0 bridgehead atoms. The minimum Gasteiger partial charge on any atom is -0.477 e. The van der Waals surface area contributed by atoms with E-state index in [0.29, 0.717) is 30.7 Å². The molecule has 1 heterocycles. The average molecular weight is 496 g/mol. The molecule has 1 fully saturated rings. The van der Waals surface area contributed by atoms with Gasteiger partial charge in [0.25, 0.3) is 0 Å². The number of halogens is 1. The summed E-state index contributed by atoms with van der Waals surface area (Å²) < 4.78 is 28.1. The molecule has 1 aliphatic rings. The Morgan fingerprint density at radius 3 is 2.69 bits per heavy atom. The molecule has 1 saturated carbocycles. The molecule has 0 radical (unpaired) electrons. The second-order valence-electron chi connectivity index (χ2n) is 6.65. The molecule has 2 rings (SSSR count). The molecular weight excluding hydrogens is 467 g/mol. The Hall–Kier alpha value is -1.10. The molecule has 0 saturated heterocycles. The van der Waals surface area contributed by atoms with E-state index in [2.05, 4.69) is 20.6 Å². The molecule has 1 aromatic rings. The van der Waals surface area contributed by atoms with E-state index >= 15 is 0 Å². The van der Waals surface area contributed by atoms with Crippen LogP contribution in [0.3, 0.4) is 0 Å². The topological polar surface area (TPSA) is 92.7 Å². The molecule has 1 aromatic heterocycles. The Balaban J connectivity index is 0.00000338. The van der Waals surface area contributed by atoms with E-state index in [1.54, 1.807) is 13.2 Å². The third-order valence-electron chi connectivity index (χ3n) is 3.95. The van der Waals surface area contributed by atoms with Gasteiger partial charge in [0.15, 0.2) is 5.96 Å². The number of hydrogen-bond donors (Lipinski definition) is 2. The predicted molar refractivity (Wildman–Crippen MR) is 115 cm³/mol. The third-order valence-corrected chi connectivity index (χ3v) is 4.93. The maximum atomic E-state index is 11.2. The molecule has 0 amide bonds. The molecule has 148 valence electrons. The van der Waals surface area contributed by atoms with Crippen LogP contribution in [0.5, 0.6) is 5.88 Å². The van der Waals surface area contributed by atoms with Crippen molar-refractivity contribution in [2.75, 3.05) is 25.7 Å². The summed E-state index contributed by atoms with van der Waals surface area (Å²) in [6.45, 7) is 3.27.